The third-order valence-electron chi connectivity index (χ3n) is 3.08. The molecule has 92 valence electrons. The molecule has 0 spiro atoms. The molecule has 1 aliphatic rings. The molecule has 1 unspecified atom stereocenters. The monoisotopic (exact) mass is 317 g/mol. The van der Waals surface area contributed by atoms with Crippen LogP contribution in [0.3, 0.4) is 0 Å². The Morgan fingerprint density at radius 1 is 1.53 bits per heavy atom. The molecule has 3 nitrogen and oxygen atoms in total. The zero-order chi connectivity index (χ0) is 12.4. The van der Waals surface area contributed by atoms with Gasteiger partial charge in [0.2, 0.25) is 0 Å². The van der Waals surface area contributed by atoms with E-state index >= 15 is 0 Å². The number of nitro benzene ring substituents is 1. The number of alkyl halides is 1. The molecule has 0 aliphatic heterocycles. The number of hydrogen-bond donors (Lipinski definition) is 0. The molecule has 0 heterocycles. The molecule has 17 heavy (non-hydrogen) atoms. The molecule has 1 aromatic rings. The zero-order valence-corrected chi connectivity index (χ0v) is 11.6. The van der Waals surface area contributed by atoms with Crippen LogP contribution in [0.5, 0.6) is 0 Å². The summed E-state index contributed by atoms with van der Waals surface area (Å²) in [6.07, 6.45) is 4.12. The Morgan fingerprint density at radius 3 is 2.82 bits per heavy atom. The van der Waals surface area contributed by atoms with Crippen molar-refractivity contribution in [1.82, 2.24) is 0 Å². The maximum absolute atomic E-state index is 10.8. The molecule has 0 bridgehead atoms. The Morgan fingerprint density at radius 2 is 2.24 bits per heavy atom. The van der Waals surface area contributed by atoms with Gasteiger partial charge in [-0.3, -0.25) is 10.1 Å². The van der Waals surface area contributed by atoms with E-state index < -0.39 is 0 Å². The first kappa shape index (κ1) is 12.8. The molecule has 0 aromatic heterocycles. The second-order valence-corrected chi connectivity index (χ2v) is 5.75. The van der Waals surface area contributed by atoms with Crippen LogP contribution in [0.1, 0.15) is 24.8 Å². The summed E-state index contributed by atoms with van der Waals surface area (Å²) in [5.74, 6) is 0.661. The van der Waals surface area contributed by atoms with E-state index in [2.05, 4.69) is 15.9 Å². The molecule has 1 atom stereocenters. The molecule has 1 saturated carbocycles. The summed E-state index contributed by atoms with van der Waals surface area (Å²) < 4.78 is 0.588. The highest BCUT2D eigenvalue weighted by atomic mass is 79.9. The highest BCUT2D eigenvalue weighted by molar-refractivity contribution is 9.10. The SMILES string of the molecule is O=[N+]([O-])c1cccc(CCC(Cl)C2CC2)c1Br. The Bertz CT molecular complexity index is 435. The van der Waals surface area contributed by atoms with E-state index in [4.69, 9.17) is 11.6 Å². The second kappa shape index (κ2) is 5.36. The van der Waals surface area contributed by atoms with Crippen molar-refractivity contribution in [2.24, 2.45) is 5.92 Å². The maximum atomic E-state index is 10.8. The minimum absolute atomic E-state index is 0.125. The highest BCUT2D eigenvalue weighted by Gasteiger charge is 2.29. The van der Waals surface area contributed by atoms with Crippen LogP contribution in [0.25, 0.3) is 0 Å². The predicted molar refractivity (Wildman–Crippen MR) is 71.5 cm³/mol. The molecular weight excluding hydrogens is 305 g/mol. The summed E-state index contributed by atoms with van der Waals surface area (Å²) in [6, 6.07) is 5.14. The first-order valence-corrected chi connectivity index (χ1v) is 6.88. The van der Waals surface area contributed by atoms with Crippen LogP contribution in [0.15, 0.2) is 22.7 Å². The van der Waals surface area contributed by atoms with Crippen molar-refractivity contribution in [2.75, 3.05) is 0 Å². The first-order valence-electron chi connectivity index (χ1n) is 5.65. The number of hydrogen-bond acceptors (Lipinski definition) is 2. The van der Waals surface area contributed by atoms with Crippen molar-refractivity contribution in [1.29, 1.82) is 0 Å². The van der Waals surface area contributed by atoms with E-state index in [0.717, 1.165) is 18.4 Å². The second-order valence-electron chi connectivity index (χ2n) is 4.40. The quantitative estimate of drug-likeness (QED) is 0.461. The van der Waals surface area contributed by atoms with Crippen LogP contribution in [0.2, 0.25) is 0 Å². The predicted octanol–water partition coefficient (Wildman–Crippen LogP) is 4.31. The molecule has 2 rings (SSSR count). The van der Waals surface area contributed by atoms with Gasteiger partial charge in [-0.05, 0) is 53.1 Å². The lowest BCUT2D eigenvalue weighted by molar-refractivity contribution is -0.385. The van der Waals surface area contributed by atoms with E-state index in [1.807, 2.05) is 6.07 Å². The van der Waals surface area contributed by atoms with Gasteiger partial charge >= 0.3 is 0 Å². The largest absolute Gasteiger partial charge is 0.283 e. The van der Waals surface area contributed by atoms with Gasteiger partial charge in [-0.1, -0.05) is 12.1 Å². The lowest BCUT2D eigenvalue weighted by atomic mass is 10.1. The molecule has 0 saturated heterocycles. The van der Waals surface area contributed by atoms with Gasteiger partial charge in [-0.25, -0.2) is 0 Å². The number of nitrogens with zero attached hydrogens (tertiary/aromatic N) is 1. The number of benzene rings is 1. The minimum atomic E-state index is -0.368. The summed E-state index contributed by atoms with van der Waals surface area (Å²) in [5, 5.41) is 11.0. The van der Waals surface area contributed by atoms with Crippen molar-refractivity contribution in [3.05, 3.63) is 38.3 Å². The van der Waals surface area contributed by atoms with Crippen molar-refractivity contribution < 1.29 is 4.92 Å². The van der Waals surface area contributed by atoms with Crippen molar-refractivity contribution >= 4 is 33.2 Å². The average molecular weight is 319 g/mol. The standard InChI is InChI=1S/C12H13BrClNO2/c13-12-9(2-1-3-11(12)15(16)17)6-7-10(14)8-4-5-8/h1-3,8,10H,4-7H2. The molecule has 1 aliphatic carbocycles. The van der Waals surface area contributed by atoms with E-state index in [1.165, 1.54) is 18.9 Å². The summed E-state index contributed by atoms with van der Waals surface area (Å²) in [6.45, 7) is 0. The van der Waals surface area contributed by atoms with Gasteiger partial charge in [0.05, 0.1) is 9.40 Å². The summed E-state index contributed by atoms with van der Waals surface area (Å²) in [7, 11) is 0. The summed E-state index contributed by atoms with van der Waals surface area (Å²) in [4.78, 5) is 10.4. The van der Waals surface area contributed by atoms with Gasteiger partial charge in [0.1, 0.15) is 0 Å². The Labute approximate surface area is 113 Å². The van der Waals surface area contributed by atoms with Gasteiger partial charge in [0.15, 0.2) is 0 Å². The van der Waals surface area contributed by atoms with Crippen LogP contribution in [0.4, 0.5) is 5.69 Å². The topological polar surface area (TPSA) is 43.1 Å². The minimum Gasteiger partial charge on any atom is -0.258 e. The summed E-state index contributed by atoms with van der Waals surface area (Å²) >= 11 is 9.53. The molecule has 5 heteroatoms. The fraction of sp³-hybridized carbons (Fsp3) is 0.500. The maximum Gasteiger partial charge on any atom is 0.283 e. The lowest BCUT2D eigenvalue weighted by Crippen LogP contribution is -2.03. The van der Waals surface area contributed by atoms with Crippen LogP contribution in [-0.2, 0) is 6.42 Å². The summed E-state index contributed by atoms with van der Waals surface area (Å²) in [5.41, 5.74) is 1.09. The van der Waals surface area contributed by atoms with Crippen LogP contribution in [-0.4, -0.2) is 10.3 Å². The van der Waals surface area contributed by atoms with Crippen molar-refractivity contribution in [3.8, 4) is 0 Å². The van der Waals surface area contributed by atoms with Gasteiger partial charge in [0.25, 0.3) is 5.69 Å². The third-order valence-corrected chi connectivity index (χ3v) is 4.57. The molecule has 0 radical (unpaired) electrons. The van der Waals surface area contributed by atoms with Gasteiger partial charge in [0, 0.05) is 11.4 Å². The Kier molecular flexibility index (Phi) is 4.05. The van der Waals surface area contributed by atoms with E-state index in [0.29, 0.717) is 10.4 Å². The molecule has 0 N–H and O–H groups in total. The average Bonchev–Trinajstić information content (AvgIpc) is 3.10. The normalized spacial score (nSPS) is 16.8. The third kappa shape index (κ3) is 3.19. The smallest absolute Gasteiger partial charge is 0.258 e. The number of aryl methyl sites for hydroxylation is 1. The van der Waals surface area contributed by atoms with Crippen LogP contribution >= 0.6 is 27.5 Å². The fourth-order valence-electron chi connectivity index (χ4n) is 1.89. The molecular formula is C12H13BrClNO2. The van der Waals surface area contributed by atoms with Gasteiger partial charge < -0.3 is 0 Å². The van der Waals surface area contributed by atoms with E-state index in [-0.39, 0.29) is 16.0 Å². The lowest BCUT2D eigenvalue weighted by Gasteiger charge is -2.09. The Hall–Kier alpha value is -0.610. The molecule has 0 amide bonds. The van der Waals surface area contributed by atoms with Gasteiger partial charge in [-0.2, -0.15) is 0 Å². The number of nitro groups is 1. The van der Waals surface area contributed by atoms with Crippen LogP contribution < -0.4 is 0 Å². The number of rotatable bonds is 5. The van der Waals surface area contributed by atoms with E-state index in [9.17, 15) is 10.1 Å². The molecule has 1 fully saturated rings. The van der Waals surface area contributed by atoms with Crippen molar-refractivity contribution in [3.63, 3.8) is 0 Å². The van der Waals surface area contributed by atoms with Crippen molar-refractivity contribution in [2.45, 2.75) is 31.1 Å². The highest BCUT2D eigenvalue weighted by Crippen LogP contribution is 2.38. The van der Waals surface area contributed by atoms with E-state index in [1.54, 1.807) is 6.07 Å². The number of halogens is 2. The fourth-order valence-corrected chi connectivity index (χ4v) is 2.86. The first-order chi connectivity index (χ1) is 8.09. The Balaban J connectivity index is 2.04. The van der Waals surface area contributed by atoms with Crippen LogP contribution in [0, 0.1) is 16.0 Å². The zero-order valence-electron chi connectivity index (χ0n) is 9.23. The van der Waals surface area contributed by atoms with Gasteiger partial charge in [-0.15, -0.1) is 11.6 Å². The molecule has 1 aromatic carbocycles.